The Labute approximate surface area is 174 Å². The predicted octanol–water partition coefficient (Wildman–Crippen LogP) is 4.48. The lowest BCUT2D eigenvalue weighted by atomic mass is 9.63. The Morgan fingerprint density at radius 1 is 1.07 bits per heavy atom. The first-order valence-electron chi connectivity index (χ1n) is 11.3. The maximum atomic E-state index is 11.7. The standard InChI is InChI=1S/C26H32N2O/c27-25(29)22-7-3-8-23(16-22)26-12-4-9-24(17-26)28(14-13-26)18-19-10-11-20-5-1-2-6-21(20)15-19/h1-3,5-8,16,19,24H,4,9-15,17-18H2,(H2,27,29). The van der Waals surface area contributed by atoms with Crippen LogP contribution in [0.3, 0.4) is 0 Å². The summed E-state index contributed by atoms with van der Waals surface area (Å²) in [7, 11) is 0. The van der Waals surface area contributed by atoms with Crippen molar-refractivity contribution in [3.8, 4) is 0 Å². The highest BCUT2D eigenvalue weighted by Crippen LogP contribution is 2.47. The summed E-state index contributed by atoms with van der Waals surface area (Å²) in [5, 5.41) is 0. The molecule has 1 heterocycles. The van der Waals surface area contributed by atoms with Gasteiger partial charge in [0.05, 0.1) is 0 Å². The Bertz CT molecular complexity index is 907. The lowest BCUT2D eigenvalue weighted by Gasteiger charge is -2.52. The molecule has 2 aromatic rings. The van der Waals surface area contributed by atoms with Crippen molar-refractivity contribution in [2.75, 3.05) is 13.1 Å². The molecule has 2 N–H and O–H groups in total. The molecule has 3 atom stereocenters. The molecule has 1 aliphatic heterocycles. The number of nitrogens with zero attached hydrogens (tertiary/aromatic N) is 1. The molecule has 0 aromatic heterocycles. The minimum absolute atomic E-state index is 0.240. The smallest absolute Gasteiger partial charge is 0.248 e. The van der Waals surface area contributed by atoms with Crippen LogP contribution < -0.4 is 5.73 Å². The number of rotatable bonds is 4. The van der Waals surface area contributed by atoms with Crippen molar-refractivity contribution in [1.29, 1.82) is 0 Å². The van der Waals surface area contributed by atoms with E-state index in [1.807, 2.05) is 12.1 Å². The average molecular weight is 389 g/mol. The SMILES string of the molecule is NC(=O)c1cccc(C23CCCC(C2)N(CC2CCc4ccccc4C2)CC3)c1. The Balaban J connectivity index is 1.30. The predicted molar refractivity (Wildman–Crippen MR) is 117 cm³/mol. The van der Waals surface area contributed by atoms with Gasteiger partial charge in [-0.1, -0.05) is 42.8 Å². The zero-order valence-corrected chi connectivity index (χ0v) is 17.3. The van der Waals surface area contributed by atoms with Gasteiger partial charge in [0.1, 0.15) is 0 Å². The molecule has 1 saturated heterocycles. The summed E-state index contributed by atoms with van der Waals surface area (Å²) >= 11 is 0. The fraction of sp³-hybridized carbons (Fsp3) is 0.500. The van der Waals surface area contributed by atoms with Crippen molar-refractivity contribution in [3.05, 3.63) is 70.8 Å². The number of nitrogens with two attached hydrogens (primary N) is 1. The Kier molecular flexibility index (Phi) is 4.95. The van der Waals surface area contributed by atoms with Crippen molar-refractivity contribution in [2.24, 2.45) is 11.7 Å². The van der Waals surface area contributed by atoms with Crippen LogP contribution in [0.25, 0.3) is 0 Å². The summed E-state index contributed by atoms with van der Waals surface area (Å²) in [6, 6.07) is 17.8. The number of carbonyl (C=O) groups is 1. The number of amides is 1. The van der Waals surface area contributed by atoms with E-state index in [1.54, 1.807) is 11.1 Å². The van der Waals surface area contributed by atoms with Crippen LogP contribution in [0, 0.1) is 5.92 Å². The summed E-state index contributed by atoms with van der Waals surface area (Å²) in [5.74, 6) is 0.475. The fourth-order valence-corrected chi connectivity index (χ4v) is 6.32. The van der Waals surface area contributed by atoms with Crippen LogP contribution in [0.4, 0.5) is 0 Å². The van der Waals surface area contributed by atoms with Gasteiger partial charge in [-0.2, -0.15) is 0 Å². The molecular weight excluding hydrogens is 356 g/mol. The first kappa shape index (κ1) is 18.9. The molecule has 3 heteroatoms. The van der Waals surface area contributed by atoms with Crippen LogP contribution in [0.1, 0.15) is 65.6 Å². The molecular formula is C26H32N2O. The third-order valence-electron chi connectivity index (χ3n) is 7.91. The number of carbonyl (C=O) groups excluding carboxylic acids is 1. The van der Waals surface area contributed by atoms with Gasteiger partial charge in [-0.3, -0.25) is 4.79 Å². The highest BCUT2D eigenvalue weighted by molar-refractivity contribution is 5.92. The number of hydrogen-bond acceptors (Lipinski definition) is 2. The second-order valence-electron chi connectivity index (χ2n) is 9.60. The second kappa shape index (κ2) is 7.60. The van der Waals surface area contributed by atoms with Gasteiger partial charge in [0.15, 0.2) is 0 Å². The third-order valence-corrected chi connectivity index (χ3v) is 7.91. The van der Waals surface area contributed by atoms with E-state index in [0.717, 1.165) is 5.92 Å². The normalized spacial score (nSPS) is 29.2. The first-order valence-corrected chi connectivity index (χ1v) is 11.3. The number of benzene rings is 2. The second-order valence-corrected chi connectivity index (χ2v) is 9.60. The summed E-state index contributed by atoms with van der Waals surface area (Å²) in [6.07, 6.45) is 10.1. The quantitative estimate of drug-likeness (QED) is 0.840. The van der Waals surface area contributed by atoms with Crippen molar-refractivity contribution in [2.45, 2.75) is 62.8 Å². The Morgan fingerprint density at radius 3 is 2.79 bits per heavy atom. The number of primary amides is 1. The van der Waals surface area contributed by atoms with E-state index >= 15 is 0 Å². The van der Waals surface area contributed by atoms with Crippen LogP contribution in [0.15, 0.2) is 48.5 Å². The lowest BCUT2D eigenvalue weighted by molar-refractivity contribution is 0.0385. The molecule has 3 aliphatic rings. The molecule has 2 bridgehead atoms. The maximum absolute atomic E-state index is 11.7. The maximum Gasteiger partial charge on any atom is 0.248 e. The van der Waals surface area contributed by atoms with Crippen LogP contribution in [-0.2, 0) is 18.3 Å². The summed E-state index contributed by atoms with van der Waals surface area (Å²) in [5.41, 5.74) is 10.9. The minimum Gasteiger partial charge on any atom is -0.366 e. The summed E-state index contributed by atoms with van der Waals surface area (Å²) in [6.45, 7) is 2.43. The molecule has 0 spiro atoms. The molecule has 1 amide bonds. The monoisotopic (exact) mass is 388 g/mol. The molecule has 0 radical (unpaired) electrons. The highest BCUT2D eigenvalue weighted by atomic mass is 16.1. The van der Waals surface area contributed by atoms with Crippen LogP contribution in [0.5, 0.6) is 0 Å². The van der Waals surface area contributed by atoms with E-state index < -0.39 is 0 Å². The zero-order chi connectivity index (χ0) is 19.8. The van der Waals surface area contributed by atoms with E-state index in [1.165, 1.54) is 70.0 Å². The van der Waals surface area contributed by atoms with Crippen molar-refractivity contribution < 1.29 is 4.79 Å². The van der Waals surface area contributed by atoms with Gasteiger partial charge in [0, 0.05) is 18.2 Å². The van der Waals surface area contributed by atoms with E-state index in [-0.39, 0.29) is 11.3 Å². The topological polar surface area (TPSA) is 46.3 Å². The van der Waals surface area contributed by atoms with Crippen molar-refractivity contribution >= 4 is 5.91 Å². The van der Waals surface area contributed by atoms with Gasteiger partial charge in [0.25, 0.3) is 0 Å². The molecule has 2 aromatic carbocycles. The molecule has 152 valence electrons. The summed E-state index contributed by atoms with van der Waals surface area (Å²) in [4.78, 5) is 14.5. The van der Waals surface area contributed by atoms with Gasteiger partial charge in [-0.25, -0.2) is 0 Å². The van der Waals surface area contributed by atoms with Gasteiger partial charge in [0.2, 0.25) is 5.91 Å². The molecule has 29 heavy (non-hydrogen) atoms. The number of likely N-dealkylation sites (tertiary alicyclic amines) is 1. The minimum atomic E-state index is -0.314. The van der Waals surface area contributed by atoms with Crippen LogP contribution in [-0.4, -0.2) is 29.9 Å². The Morgan fingerprint density at radius 2 is 1.93 bits per heavy atom. The lowest BCUT2D eigenvalue weighted by Crippen LogP contribution is -2.53. The molecule has 3 nitrogen and oxygen atoms in total. The van der Waals surface area contributed by atoms with Gasteiger partial charge >= 0.3 is 0 Å². The molecule has 2 aliphatic carbocycles. The van der Waals surface area contributed by atoms with Crippen LogP contribution >= 0.6 is 0 Å². The third kappa shape index (κ3) is 3.61. The van der Waals surface area contributed by atoms with E-state index in [0.29, 0.717) is 11.6 Å². The van der Waals surface area contributed by atoms with Gasteiger partial charge in [-0.05, 0) is 91.6 Å². The number of hydrogen-bond donors (Lipinski definition) is 1. The number of aryl methyl sites for hydroxylation is 1. The molecule has 5 rings (SSSR count). The Hall–Kier alpha value is -2.13. The molecule has 1 saturated carbocycles. The van der Waals surface area contributed by atoms with E-state index in [2.05, 4.69) is 41.3 Å². The van der Waals surface area contributed by atoms with Crippen molar-refractivity contribution in [3.63, 3.8) is 0 Å². The zero-order valence-electron chi connectivity index (χ0n) is 17.3. The van der Waals surface area contributed by atoms with E-state index in [9.17, 15) is 4.79 Å². The number of piperidine rings is 1. The van der Waals surface area contributed by atoms with Crippen LogP contribution in [0.2, 0.25) is 0 Å². The molecule has 3 unspecified atom stereocenters. The van der Waals surface area contributed by atoms with Gasteiger partial charge < -0.3 is 10.6 Å². The summed E-state index contributed by atoms with van der Waals surface area (Å²) < 4.78 is 0. The van der Waals surface area contributed by atoms with Crippen molar-refractivity contribution in [1.82, 2.24) is 4.90 Å². The highest BCUT2D eigenvalue weighted by Gasteiger charge is 2.44. The average Bonchev–Trinajstić information content (AvgIpc) is 2.76. The van der Waals surface area contributed by atoms with E-state index in [4.69, 9.17) is 5.73 Å². The largest absolute Gasteiger partial charge is 0.366 e. The molecule has 2 fully saturated rings. The fourth-order valence-electron chi connectivity index (χ4n) is 6.32. The van der Waals surface area contributed by atoms with Gasteiger partial charge in [-0.15, -0.1) is 0 Å². The first-order chi connectivity index (χ1) is 14.1. The number of fused-ring (bicyclic) bond motifs is 3.